The minimum atomic E-state index is 0.0867. The molecule has 0 unspecified atom stereocenters. The van der Waals surface area contributed by atoms with Gasteiger partial charge >= 0.3 is 0 Å². The lowest BCUT2D eigenvalue weighted by molar-refractivity contribution is -0.137. The fourth-order valence-electron chi connectivity index (χ4n) is 2.50. The fourth-order valence-corrected chi connectivity index (χ4v) is 2.50. The molecule has 21 heavy (non-hydrogen) atoms. The predicted octanol–water partition coefficient (Wildman–Crippen LogP) is 4.24. The average molecular weight is 285 g/mol. The number of carbonyl (C=O) groups excluding carboxylic acids is 1. The largest absolute Gasteiger partial charge is 0.467 e. The van der Waals surface area contributed by atoms with Gasteiger partial charge in [0.1, 0.15) is 5.76 Å². The van der Waals surface area contributed by atoms with Gasteiger partial charge in [0.25, 0.3) is 0 Å². The molecule has 0 atom stereocenters. The first kappa shape index (κ1) is 15.4. The molecule has 3 heteroatoms. The van der Waals surface area contributed by atoms with Crippen molar-refractivity contribution in [2.45, 2.75) is 39.8 Å². The van der Waals surface area contributed by atoms with Gasteiger partial charge in [0.05, 0.1) is 12.8 Å². The second kappa shape index (κ2) is 7.67. The van der Waals surface area contributed by atoms with Crippen LogP contribution in [0.15, 0.2) is 53.1 Å². The Morgan fingerprint density at radius 1 is 1.05 bits per heavy atom. The van der Waals surface area contributed by atoms with Crippen molar-refractivity contribution in [3.05, 3.63) is 60.1 Å². The van der Waals surface area contributed by atoms with Crippen molar-refractivity contribution in [1.82, 2.24) is 4.90 Å². The highest BCUT2D eigenvalue weighted by Crippen LogP contribution is 2.17. The van der Waals surface area contributed by atoms with Crippen LogP contribution in [0.4, 0.5) is 0 Å². The van der Waals surface area contributed by atoms with Crippen molar-refractivity contribution in [1.29, 1.82) is 0 Å². The topological polar surface area (TPSA) is 33.5 Å². The number of hydrogen-bond acceptors (Lipinski definition) is 2. The zero-order chi connectivity index (χ0) is 15.1. The lowest BCUT2D eigenvalue weighted by Crippen LogP contribution is -2.34. The molecule has 1 aromatic heterocycles. The molecular formula is C18H23NO2. The summed E-state index contributed by atoms with van der Waals surface area (Å²) in [5.41, 5.74) is 1.14. The van der Waals surface area contributed by atoms with E-state index in [2.05, 4.69) is 26.0 Å². The number of benzene rings is 1. The van der Waals surface area contributed by atoms with Crippen molar-refractivity contribution < 1.29 is 9.21 Å². The third-order valence-corrected chi connectivity index (χ3v) is 3.79. The molecule has 0 saturated heterocycles. The molecule has 0 aliphatic rings. The highest BCUT2D eigenvalue weighted by molar-refractivity contribution is 5.78. The van der Waals surface area contributed by atoms with Gasteiger partial charge in [0.15, 0.2) is 0 Å². The summed E-state index contributed by atoms with van der Waals surface area (Å²) in [5.74, 6) is 1.12. The number of furan rings is 1. The monoisotopic (exact) mass is 285 g/mol. The predicted molar refractivity (Wildman–Crippen MR) is 83.5 cm³/mol. The third-order valence-electron chi connectivity index (χ3n) is 3.79. The summed E-state index contributed by atoms with van der Waals surface area (Å²) in [5, 5.41) is 0. The van der Waals surface area contributed by atoms with Crippen molar-refractivity contribution in [2.24, 2.45) is 5.92 Å². The molecule has 1 amide bonds. The second-order valence-corrected chi connectivity index (χ2v) is 5.27. The molecule has 2 rings (SSSR count). The Labute approximate surface area is 126 Å². The van der Waals surface area contributed by atoms with E-state index in [1.54, 1.807) is 6.26 Å². The Morgan fingerprint density at radius 2 is 1.76 bits per heavy atom. The van der Waals surface area contributed by atoms with Crippen molar-refractivity contribution in [3.63, 3.8) is 0 Å². The number of carbonyl (C=O) groups is 1. The Hall–Kier alpha value is -2.03. The molecule has 3 nitrogen and oxygen atoms in total. The van der Waals surface area contributed by atoms with Crippen LogP contribution in [-0.4, -0.2) is 10.8 Å². The van der Waals surface area contributed by atoms with Gasteiger partial charge in [-0.15, -0.1) is 0 Å². The van der Waals surface area contributed by atoms with E-state index in [4.69, 9.17) is 4.42 Å². The van der Waals surface area contributed by atoms with E-state index in [1.165, 1.54) is 0 Å². The Bertz CT molecular complexity index is 530. The van der Waals surface area contributed by atoms with E-state index in [0.29, 0.717) is 13.1 Å². The zero-order valence-electron chi connectivity index (χ0n) is 12.8. The number of rotatable bonds is 7. The van der Waals surface area contributed by atoms with E-state index in [0.717, 1.165) is 24.2 Å². The lowest BCUT2D eigenvalue weighted by atomic mass is 10.0. The fraction of sp³-hybridized carbons (Fsp3) is 0.389. The molecule has 2 aromatic rings. The van der Waals surface area contributed by atoms with Crippen LogP contribution < -0.4 is 0 Å². The van der Waals surface area contributed by atoms with Crippen LogP contribution in [0.25, 0.3) is 0 Å². The highest BCUT2D eigenvalue weighted by Gasteiger charge is 2.22. The van der Waals surface area contributed by atoms with Crippen LogP contribution in [0.2, 0.25) is 0 Å². The molecule has 0 spiro atoms. The molecule has 1 heterocycles. The summed E-state index contributed by atoms with van der Waals surface area (Å²) in [4.78, 5) is 14.6. The summed E-state index contributed by atoms with van der Waals surface area (Å²) < 4.78 is 5.40. The maximum absolute atomic E-state index is 12.7. The van der Waals surface area contributed by atoms with Gasteiger partial charge in [-0.1, -0.05) is 44.2 Å². The summed E-state index contributed by atoms with van der Waals surface area (Å²) in [6.07, 6.45) is 3.40. The first-order valence-electron chi connectivity index (χ1n) is 7.59. The van der Waals surface area contributed by atoms with Gasteiger partial charge in [-0.2, -0.15) is 0 Å². The van der Waals surface area contributed by atoms with Gasteiger partial charge < -0.3 is 9.32 Å². The average Bonchev–Trinajstić information content (AvgIpc) is 3.02. The normalized spacial score (nSPS) is 10.8. The minimum Gasteiger partial charge on any atom is -0.467 e. The first-order valence-corrected chi connectivity index (χ1v) is 7.59. The van der Waals surface area contributed by atoms with Crippen LogP contribution >= 0.6 is 0 Å². The van der Waals surface area contributed by atoms with E-state index in [1.807, 2.05) is 35.2 Å². The van der Waals surface area contributed by atoms with E-state index >= 15 is 0 Å². The molecular weight excluding hydrogens is 262 g/mol. The van der Waals surface area contributed by atoms with Crippen molar-refractivity contribution >= 4 is 5.91 Å². The van der Waals surface area contributed by atoms with E-state index < -0.39 is 0 Å². The molecule has 0 bridgehead atoms. The van der Waals surface area contributed by atoms with Crippen LogP contribution in [0.5, 0.6) is 0 Å². The number of hydrogen-bond donors (Lipinski definition) is 0. The molecule has 0 aliphatic heterocycles. The Balaban J connectivity index is 2.15. The standard InChI is InChI=1S/C18H23NO2/c1-3-16(4-2)18(20)19(14-17-11-8-12-21-17)13-15-9-6-5-7-10-15/h5-12,16H,3-4,13-14H2,1-2H3. The lowest BCUT2D eigenvalue weighted by Gasteiger charge is -2.26. The molecule has 0 N–H and O–H groups in total. The highest BCUT2D eigenvalue weighted by atomic mass is 16.3. The van der Waals surface area contributed by atoms with Gasteiger partial charge in [0, 0.05) is 12.5 Å². The second-order valence-electron chi connectivity index (χ2n) is 5.27. The van der Waals surface area contributed by atoms with E-state index in [-0.39, 0.29) is 11.8 Å². The SMILES string of the molecule is CCC(CC)C(=O)N(Cc1ccccc1)Cc1ccco1. The molecule has 0 radical (unpaired) electrons. The Kier molecular flexibility index (Phi) is 5.61. The summed E-state index contributed by atoms with van der Waals surface area (Å²) in [6, 6.07) is 13.9. The number of amides is 1. The number of nitrogens with zero attached hydrogens (tertiary/aromatic N) is 1. The maximum atomic E-state index is 12.7. The molecule has 0 fully saturated rings. The minimum absolute atomic E-state index is 0.0867. The Morgan fingerprint density at radius 3 is 2.33 bits per heavy atom. The van der Waals surface area contributed by atoms with Gasteiger partial charge in [0.2, 0.25) is 5.91 Å². The smallest absolute Gasteiger partial charge is 0.226 e. The van der Waals surface area contributed by atoms with Gasteiger partial charge in [-0.05, 0) is 30.5 Å². The first-order chi connectivity index (χ1) is 10.2. The summed E-state index contributed by atoms with van der Waals surface area (Å²) in [6.45, 7) is 5.29. The summed E-state index contributed by atoms with van der Waals surface area (Å²) in [7, 11) is 0. The van der Waals surface area contributed by atoms with Crippen molar-refractivity contribution in [3.8, 4) is 0 Å². The van der Waals surface area contributed by atoms with Crippen LogP contribution in [0.3, 0.4) is 0 Å². The van der Waals surface area contributed by atoms with Gasteiger partial charge in [-0.3, -0.25) is 4.79 Å². The van der Waals surface area contributed by atoms with Crippen LogP contribution in [0, 0.1) is 5.92 Å². The maximum Gasteiger partial charge on any atom is 0.226 e. The van der Waals surface area contributed by atoms with Crippen LogP contribution in [-0.2, 0) is 17.9 Å². The third kappa shape index (κ3) is 4.22. The molecule has 0 saturated carbocycles. The van der Waals surface area contributed by atoms with Gasteiger partial charge in [-0.25, -0.2) is 0 Å². The van der Waals surface area contributed by atoms with Crippen LogP contribution in [0.1, 0.15) is 38.0 Å². The van der Waals surface area contributed by atoms with E-state index in [9.17, 15) is 4.79 Å². The van der Waals surface area contributed by atoms with Crippen molar-refractivity contribution in [2.75, 3.05) is 0 Å². The summed E-state index contributed by atoms with van der Waals surface area (Å²) >= 11 is 0. The quantitative estimate of drug-likeness (QED) is 0.762. The molecule has 0 aliphatic carbocycles. The molecule has 1 aromatic carbocycles. The zero-order valence-corrected chi connectivity index (χ0v) is 12.8. The molecule has 112 valence electrons.